The summed E-state index contributed by atoms with van der Waals surface area (Å²) in [5, 5.41) is 0. The van der Waals surface area contributed by atoms with E-state index in [1.807, 2.05) is 11.5 Å². The van der Waals surface area contributed by atoms with E-state index in [1.54, 1.807) is 19.3 Å². The van der Waals surface area contributed by atoms with Crippen LogP contribution in [0.3, 0.4) is 0 Å². The monoisotopic (exact) mass is 334 g/mol. The molecule has 1 aromatic rings. The van der Waals surface area contributed by atoms with Crippen molar-refractivity contribution in [2.75, 3.05) is 26.8 Å². The van der Waals surface area contributed by atoms with Gasteiger partial charge in [-0.2, -0.15) is 0 Å². The highest BCUT2D eigenvalue weighted by Crippen LogP contribution is 2.22. The number of hydrogen-bond acceptors (Lipinski definition) is 3. The van der Waals surface area contributed by atoms with E-state index in [1.165, 1.54) is 4.31 Å². The van der Waals surface area contributed by atoms with Gasteiger partial charge in [-0.1, -0.05) is 0 Å². The lowest BCUT2D eigenvalue weighted by Crippen LogP contribution is -2.34. The second kappa shape index (κ2) is 7.13. The number of nitrogens with zero attached hydrogens (tertiary/aromatic N) is 2. The molecule has 0 N–H and O–H groups in total. The van der Waals surface area contributed by atoms with E-state index in [0.29, 0.717) is 29.8 Å². The molecule has 5 nitrogen and oxygen atoms in total. The van der Waals surface area contributed by atoms with Gasteiger partial charge in [-0.05, 0) is 31.7 Å². The van der Waals surface area contributed by atoms with Crippen LogP contribution in [0.15, 0.2) is 17.2 Å². The van der Waals surface area contributed by atoms with E-state index in [4.69, 9.17) is 16.3 Å². The van der Waals surface area contributed by atoms with Crippen molar-refractivity contribution in [1.29, 1.82) is 0 Å². The molecule has 0 saturated carbocycles. The SMILES string of the molecule is CCn1cc(S(=O)(=O)N(C)CC2CCOCC2)cc1CCl. The summed E-state index contributed by atoms with van der Waals surface area (Å²) >= 11 is 5.87. The molecule has 2 rings (SSSR count). The molecule has 0 amide bonds. The van der Waals surface area contributed by atoms with Gasteiger partial charge in [0, 0.05) is 45.2 Å². The average Bonchev–Trinajstić information content (AvgIpc) is 2.92. The van der Waals surface area contributed by atoms with Gasteiger partial charge in [0.25, 0.3) is 0 Å². The highest BCUT2D eigenvalue weighted by Gasteiger charge is 2.26. The van der Waals surface area contributed by atoms with E-state index in [2.05, 4.69) is 0 Å². The lowest BCUT2D eigenvalue weighted by molar-refractivity contribution is 0.0620. The van der Waals surface area contributed by atoms with Crippen molar-refractivity contribution in [3.63, 3.8) is 0 Å². The van der Waals surface area contributed by atoms with Crippen LogP contribution >= 0.6 is 11.6 Å². The Morgan fingerprint density at radius 3 is 2.62 bits per heavy atom. The zero-order chi connectivity index (χ0) is 15.5. The molecular weight excluding hydrogens is 312 g/mol. The van der Waals surface area contributed by atoms with Crippen LogP contribution in [0, 0.1) is 5.92 Å². The Labute approximate surface area is 131 Å². The molecule has 2 heterocycles. The molecule has 0 aromatic carbocycles. The van der Waals surface area contributed by atoms with Crippen molar-refractivity contribution in [2.24, 2.45) is 5.92 Å². The molecule has 0 bridgehead atoms. The number of sulfonamides is 1. The predicted octanol–water partition coefficient (Wildman–Crippen LogP) is 2.29. The number of rotatable bonds is 6. The number of aryl methyl sites for hydroxylation is 1. The summed E-state index contributed by atoms with van der Waals surface area (Å²) in [6, 6.07) is 1.67. The maximum Gasteiger partial charge on any atom is 0.244 e. The molecule has 0 unspecified atom stereocenters. The standard InChI is InChI=1S/C14H23ClN2O3S/c1-3-17-11-14(8-13(17)9-15)21(18,19)16(2)10-12-4-6-20-7-5-12/h8,11-12H,3-7,9-10H2,1-2H3. The Morgan fingerprint density at radius 1 is 1.43 bits per heavy atom. The van der Waals surface area contributed by atoms with Crippen LogP contribution in [0.1, 0.15) is 25.5 Å². The summed E-state index contributed by atoms with van der Waals surface area (Å²) in [7, 11) is -1.80. The molecule has 0 aliphatic carbocycles. The van der Waals surface area contributed by atoms with Crippen molar-refractivity contribution in [3.8, 4) is 0 Å². The molecule has 120 valence electrons. The Hall–Kier alpha value is -0.560. The first kappa shape index (κ1) is 16.8. The molecule has 1 aromatic heterocycles. The van der Waals surface area contributed by atoms with Crippen LogP contribution in [0.5, 0.6) is 0 Å². The second-order valence-corrected chi connectivity index (χ2v) is 7.74. The topological polar surface area (TPSA) is 51.5 Å². The van der Waals surface area contributed by atoms with Crippen LogP contribution in [0.25, 0.3) is 0 Å². The fourth-order valence-corrected chi connectivity index (χ4v) is 4.19. The molecule has 0 atom stereocenters. The lowest BCUT2D eigenvalue weighted by atomic mass is 10.0. The van der Waals surface area contributed by atoms with Crippen molar-refractivity contribution in [3.05, 3.63) is 18.0 Å². The van der Waals surface area contributed by atoms with E-state index < -0.39 is 10.0 Å². The minimum Gasteiger partial charge on any atom is -0.381 e. The third-order valence-electron chi connectivity index (χ3n) is 4.00. The third kappa shape index (κ3) is 3.80. The smallest absolute Gasteiger partial charge is 0.244 e. The zero-order valence-corrected chi connectivity index (χ0v) is 14.2. The van der Waals surface area contributed by atoms with Crippen LogP contribution in [-0.2, 0) is 27.2 Å². The maximum atomic E-state index is 12.6. The van der Waals surface area contributed by atoms with Gasteiger partial charge in [0.05, 0.1) is 5.88 Å². The Balaban J connectivity index is 2.14. The van der Waals surface area contributed by atoms with Crippen LogP contribution in [0.4, 0.5) is 0 Å². The van der Waals surface area contributed by atoms with Gasteiger partial charge in [-0.15, -0.1) is 11.6 Å². The second-order valence-electron chi connectivity index (χ2n) is 5.43. The fraction of sp³-hybridized carbons (Fsp3) is 0.714. The number of halogens is 1. The van der Waals surface area contributed by atoms with Gasteiger partial charge in [-0.25, -0.2) is 12.7 Å². The lowest BCUT2D eigenvalue weighted by Gasteiger charge is -2.26. The van der Waals surface area contributed by atoms with Gasteiger partial charge in [0.1, 0.15) is 4.90 Å². The number of aromatic nitrogens is 1. The van der Waals surface area contributed by atoms with Crippen molar-refractivity contribution in [1.82, 2.24) is 8.87 Å². The predicted molar refractivity (Wildman–Crippen MR) is 83.0 cm³/mol. The molecule has 7 heteroatoms. The minimum atomic E-state index is -3.45. The van der Waals surface area contributed by atoms with Crippen molar-refractivity contribution >= 4 is 21.6 Å². The summed E-state index contributed by atoms with van der Waals surface area (Å²) in [5.41, 5.74) is 0.831. The van der Waals surface area contributed by atoms with Gasteiger partial charge >= 0.3 is 0 Å². The van der Waals surface area contributed by atoms with E-state index in [-0.39, 0.29) is 0 Å². The van der Waals surface area contributed by atoms with Crippen molar-refractivity contribution in [2.45, 2.75) is 37.1 Å². The van der Waals surface area contributed by atoms with Crippen LogP contribution < -0.4 is 0 Å². The molecule has 0 radical (unpaired) electrons. The third-order valence-corrected chi connectivity index (χ3v) is 6.07. The summed E-state index contributed by atoms with van der Waals surface area (Å²) in [6.45, 7) is 4.67. The quantitative estimate of drug-likeness (QED) is 0.750. The summed E-state index contributed by atoms with van der Waals surface area (Å²) in [4.78, 5) is 0.328. The van der Waals surface area contributed by atoms with Gasteiger partial charge in [0.15, 0.2) is 0 Å². The first-order valence-electron chi connectivity index (χ1n) is 7.28. The van der Waals surface area contributed by atoms with Gasteiger partial charge in [-0.3, -0.25) is 0 Å². The molecule has 1 saturated heterocycles. The number of ether oxygens (including phenoxy) is 1. The highest BCUT2D eigenvalue weighted by atomic mass is 35.5. The maximum absolute atomic E-state index is 12.6. The number of alkyl halides is 1. The first-order chi connectivity index (χ1) is 9.98. The summed E-state index contributed by atoms with van der Waals surface area (Å²) < 4.78 is 33.9. The molecule has 0 spiro atoms. The zero-order valence-electron chi connectivity index (χ0n) is 12.6. The molecule has 21 heavy (non-hydrogen) atoms. The van der Waals surface area contributed by atoms with Gasteiger partial charge < -0.3 is 9.30 Å². The van der Waals surface area contributed by atoms with E-state index >= 15 is 0 Å². The Bertz CT molecular complexity index is 543. The largest absolute Gasteiger partial charge is 0.381 e. The molecule has 1 aliphatic heterocycles. The summed E-state index contributed by atoms with van der Waals surface area (Å²) in [6.07, 6.45) is 3.51. The van der Waals surface area contributed by atoms with Crippen LogP contribution in [0.2, 0.25) is 0 Å². The summed E-state index contributed by atoms with van der Waals surface area (Å²) in [5.74, 6) is 0.687. The average molecular weight is 335 g/mol. The van der Waals surface area contributed by atoms with Gasteiger partial charge in [0.2, 0.25) is 10.0 Å². The fourth-order valence-electron chi connectivity index (χ4n) is 2.64. The van der Waals surface area contributed by atoms with E-state index in [9.17, 15) is 8.42 Å². The van der Waals surface area contributed by atoms with Crippen LogP contribution in [-0.4, -0.2) is 44.1 Å². The first-order valence-corrected chi connectivity index (χ1v) is 9.25. The Morgan fingerprint density at radius 2 is 2.10 bits per heavy atom. The molecule has 1 aliphatic rings. The van der Waals surface area contributed by atoms with E-state index in [0.717, 1.165) is 31.7 Å². The molecular formula is C14H23ClN2O3S. The highest BCUT2D eigenvalue weighted by molar-refractivity contribution is 7.89. The molecule has 1 fully saturated rings. The normalized spacial score (nSPS) is 17.5. The van der Waals surface area contributed by atoms with Crippen molar-refractivity contribution < 1.29 is 13.2 Å². The number of hydrogen-bond donors (Lipinski definition) is 0. The Kier molecular flexibility index (Phi) is 5.71. The minimum absolute atomic E-state index is 0.313.